The quantitative estimate of drug-likeness (QED) is 0.602. The smallest absolute Gasteiger partial charge is 0.118 e. The van der Waals surface area contributed by atoms with Crippen LogP contribution in [0.5, 0.6) is 5.75 Å². The van der Waals surface area contributed by atoms with Crippen molar-refractivity contribution in [2.24, 2.45) is 0 Å². The Labute approximate surface area is 68.7 Å². The molecule has 0 bridgehead atoms. The first-order valence-electron chi connectivity index (χ1n) is 3.29. The summed E-state index contributed by atoms with van der Waals surface area (Å²) in [4.78, 5) is 10.2. The van der Waals surface area contributed by atoms with Gasteiger partial charge >= 0.3 is 0 Å². The summed E-state index contributed by atoms with van der Waals surface area (Å²) in [6, 6.07) is 5.22. The van der Waals surface area contributed by atoms with E-state index < -0.39 is 12.1 Å². The first-order chi connectivity index (χ1) is 5.61. The van der Waals surface area contributed by atoms with Gasteiger partial charge in [-0.1, -0.05) is 12.1 Å². The van der Waals surface area contributed by atoms with Crippen LogP contribution in [-0.4, -0.2) is 16.2 Å². The number of benzene rings is 1. The van der Waals surface area contributed by atoms with Crippen LogP contribution in [0, 0.1) is 0 Å². The van der Waals surface area contributed by atoms with Crippen LogP contribution >= 0.6 is 0 Å². The van der Waals surface area contributed by atoms with Crippen molar-refractivity contribution in [3.8, 4) is 5.75 Å². The maximum Gasteiger partial charge on any atom is 0.118 e. The van der Waals surface area contributed by atoms with Crippen molar-refractivity contribution in [1.29, 1.82) is 0 Å². The highest BCUT2D eigenvalue weighted by atomic mass is 16.4. The third-order valence-corrected chi connectivity index (χ3v) is 1.43. The van der Waals surface area contributed by atoms with Gasteiger partial charge in [-0.15, -0.1) is 0 Å². The molecule has 0 heterocycles. The summed E-state index contributed by atoms with van der Waals surface area (Å²) >= 11 is 0. The molecule has 0 aromatic heterocycles. The Morgan fingerprint density at radius 1 is 1.33 bits per heavy atom. The van der Waals surface area contributed by atoms with Crippen LogP contribution in [0.1, 0.15) is 11.7 Å². The lowest BCUT2D eigenvalue weighted by atomic mass is 10.1. The zero-order chi connectivity index (χ0) is 9.14. The summed E-state index contributed by atoms with van der Waals surface area (Å²) in [5.41, 5.74) is 0.188. The summed E-state index contributed by atoms with van der Waals surface area (Å²) in [5, 5.41) is 27.9. The number of hydrogen-bond donors (Lipinski definition) is 2. The van der Waals surface area contributed by atoms with Gasteiger partial charge in [-0.3, -0.25) is 0 Å². The zero-order valence-corrected chi connectivity index (χ0v) is 6.10. The molecule has 0 unspecified atom stereocenters. The van der Waals surface area contributed by atoms with Crippen molar-refractivity contribution in [2.45, 2.75) is 6.10 Å². The van der Waals surface area contributed by atoms with Crippen LogP contribution in [0.2, 0.25) is 0 Å². The number of aliphatic carboxylic acids is 1. The van der Waals surface area contributed by atoms with E-state index in [2.05, 4.69) is 0 Å². The van der Waals surface area contributed by atoms with E-state index in [1.807, 2.05) is 0 Å². The number of rotatable bonds is 2. The molecule has 0 saturated heterocycles. The Bertz CT molecular complexity index is 278. The topological polar surface area (TPSA) is 80.6 Å². The van der Waals surface area contributed by atoms with Crippen molar-refractivity contribution in [2.75, 3.05) is 0 Å². The highest BCUT2D eigenvalue weighted by molar-refractivity contribution is 5.71. The molecule has 2 N–H and O–H groups in total. The van der Waals surface area contributed by atoms with Crippen molar-refractivity contribution < 1.29 is 20.1 Å². The Hall–Kier alpha value is -1.55. The van der Waals surface area contributed by atoms with E-state index in [1.54, 1.807) is 0 Å². The molecule has 0 spiro atoms. The fourth-order valence-electron chi connectivity index (χ4n) is 0.793. The van der Waals surface area contributed by atoms with Crippen molar-refractivity contribution in [3.63, 3.8) is 0 Å². The molecule has 12 heavy (non-hydrogen) atoms. The molecule has 4 nitrogen and oxygen atoms in total. The number of aliphatic hydroxyl groups excluding tert-OH is 1. The second-order valence-corrected chi connectivity index (χ2v) is 2.31. The molecule has 1 aromatic rings. The molecule has 0 aliphatic rings. The van der Waals surface area contributed by atoms with Crippen LogP contribution in [-0.2, 0) is 4.79 Å². The molecule has 0 amide bonds. The predicted molar refractivity (Wildman–Crippen MR) is 38.1 cm³/mol. The van der Waals surface area contributed by atoms with Gasteiger partial charge < -0.3 is 20.1 Å². The van der Waals surface area contributed by atoms with E-state index in [1.165, 1.54) is 24.3 Å². The number of phenolic OH excluding ortho intramolecular Hbond substituents is 1. The fraction of sp³-hybridized carbons (Fsp3) is 0.125. The number of aliphatic hydroxyl groups is 1. The summed E-state index contributed by atoms with van der Waals surface area (Å²) < 4.78 is 0. The number of carboxylic acids is 1. The lowest BCUT2D eigenvalue weighted by Gasteiger charge is -2.10. The summed E-state index contributed by atoms with van der Waals surface area (Å²) in [5.74, 6) is -1.54. The van der Waals surface area contributed by atoms with E-state index in [-0.39, 0.29) is 11.3 Å². The van der Waals surface area contributed by atoms with Gasteiger partial charge in [0.15, 0.2) is 0 Å². The van der Waals surface area contributed by atoms with E-state index >= 15 is 0 Å². The molecule has 1 atom stereocenters. The van der Waals surface area contributed by atoms with Gasteiger partial charge in [-0.05, 0) is 17.7 Å². The van der Waals surface area contributed by atoms with E-state index in [4.69, 9.17) is 10.2 Å². The Kier molecular flexibility index (Phi) is 2.30. The average Bonchev–Trinajstić information content (AvgIpc) is 2.04. The number of phenols is 1. The molecule has 0 aliphatic heterocycles. The zero-order valence-electron chi connectivity index (χ0n) is 6.10. The van der Waals surface area contributed by atoms with E-state index in [0.717, 1.165) is 0 Å². The molecule has 4 heteroatoms. The molecular formula is C8H7O4-. The number of carbonyl (C=O) groups is 1. The van der Waals surface area contributed by atoms with E-state index in [9.17, 15) is 9.90 Å². The normalized spacial score (nSPS) is 12.4. The largest absolute Gasteiger partial charge is 0.547 e. The van der Waals surface area contributed by atoms with Crippen molar-refractivity contribution in [1.82, 2.24) is 0 Å². The summed E-state index contributed by atoms with van der Waals surface area (Å²) in [6.45, 7) is 0. The molecule has 0 radical (unpaired) electrons. The van der Waals surface area contributed by atoms with Gasteiger partial charge in [0.05, 0.1) is 5.97 Å². The summed E-state index contributed by atoms with van der Waals surface area (Å²) in [6.07, 6.45) is -1.63. The third kappa shape index (κ3) is 1.73. The second-order valence-electron chi connectivity index (χ2n) is 2.31. The molecule has 64 valence electrons. The number of carboxylic acid groups (broad SMARTS) is 1. The SMILES string of the molecule is O=C([O-])[C@@H](O)c1ccc(O)cc1. The molecule has 0 fully saturated rings. The van der Waals surface area contributed by atoms with Gasteiger partial charge in [0.1, 0.15) is 11.9 Å². The highest BCUT2D eigenvalue weighted by Gasteiger charge is 2.06. The standard InChI is InChI=1S/C8H8O4/c9-6-3-1-5(2-4-6)7(10)8(11)12/h1-4,7,9-10H,(H,11,12)/p-1/t7-/m0/s1. The van der Waals surface area contributed by atoms with Crippen LogP contribution in [0.3, 0.4) is 0 Å². The van der Waals surface area contributed by atoms with Gasteiger partial charge in [-0.25, -0.2) is 0 Å². The van der Waals surface area contributed by atoms with Crippen LogP contribution in [0.15, 0.2) is 24.3 Å². The number of aromatic hydroxyl groups is 1. The first kappa shape index (κ1) is 8.55. The van der Waals surface area contributed by atoms with Crippen LogP contribution in [0.4, 0.5) is 0 Å². The van der Waals surface area contributed by atoms with Gasteiger partial charge in [-0.2, -0.15) is 0 Å². The third-order valence-electron chi connectivity index (χ3n) is 1.43. The Morgan fingerprint density at radius 2 is 1.83 bits per heavy atom. The monoisotopic (exact) mass is 167 g/mol. The average molecular weight is 167 g/mol. The second kappa shape index (κ2) is 3.23. The number of hydrogen-bond acceptors (Lipinski definition) is 4. The van der Waals surface area contributed by atoms with E-state index in [0.29, 0.717) is 0 Å². The number of carbonyl (C=O) groups excluding carboxylic acids is 1. The Morgan fingerprint density at radius 3 is 2.25 bits per heavy atom. The van der Waals surface area contributed by atoms with Gasteiger partial charge in [0.2, 0.25) is 0 Å². The molecule has 0 saturated carbocycles. The van der Waals surface area contributed by atoms with Crippen molar-refractivity contribution >= 4 is 5.97 Å². The fourth-order valence-corrected chi connectivity index (χ4v) is 0.793. The van der Waals surface area contributed by atoms with Crippen LogP contribution in [0.25, 0.3) is 0 Å². The molecule has 1 rings (SSSR count). The predicted octanol–water partition coefficient (Wildman–Crippen LogP) is -0.825. The molecule has 1 aromatic carbocycles. The maximum absolute atomic E-state index is 10.2. The molecular weight excluding hydrogens is 160 g/mol. The highest BCUT2D eigenvalue weighted by Crippen LogP contribution is 2.15. The van der Waals surface area contributed by atoms with Gasteiger partial charge in [0, 0.05) is 0 Å². The Balaban J connectivity index is 2.89. The first-order valence-corrected chi connectivity index (χ1v) is 3.29. The minimum absolute atomic E-state index is 0.0179. The van der Waals surface area contributed by atoms with Crippen molar-refractivity contribution in [3.05, 3.63) is 29.8 Å². The minimum atomic E-state index is -1.63. The van der Waals surface area contributed by atoms with Crippen LogP contribution < -0.4 is 5.11 Å². The lowest BCUT2D eigenvalue weighted by molar-refractivity contribution is -0.315. The van der Waals surface area contributed by atoms with Gasteiger partial charge in [0.25, 0.3) is 0 Å². The maximum atomic E-state index is 10.2. The summed E-state index contributed by atoms with van der Waals surface area (Å²) in [7, 11) is 0. The molecule has 0 aliphatic carbocycles. The minimum Gasteiger partial charge on any atom is -0.547 e. The lowest BCUT2D eigenvalue weighted by Crippen LogP contribution is -2.29.